The van der Waals surface area contributed by atoms with E-state index in [4.69, 9.17) is 4.98 Å². The lowest BCUT2D eigenvalue weighted by molar-refractivity contribution is 0.732. The number of nitrogens with zero attached hydrogens (tertiary/aromatic N) is 2. The molecular weight excluding hydrogens is 328 g/mol. The van der Waals surface area contributed by atoms with E-state index in [1.807, 2.05) is 0 Å². The molecule has 0 bridgehead atoms. The predicted molar refractivity (Wildman–Crippen MR) is 114 cm³/mol. The highest BCUT2D eigenvalue weighted by molar-refractivity contribution is 5.80. The van der Waals surface area contributed by atoms with Crippen LogP contribution in [0.4, 0.5) is 0 Å². The Kier molecular flexibility index (Phi) is 4.81. The lowest BCUT2D eigenvalue weighted by Gasteiger charge is -2.12. The van der Waals surface area contributed by atoms with Crippen LogP contribution in [-0.2, 0) is 6.54 Å². The van der Waals surface area contributed by atoms with Gasteiger partial charge in [0.2, 0.25) is 0 Å². The average molecular weight is 354 g/mol. The molecule has 0 N–H and O–H groups in total. The van der Waals surface area contributed by atoms with Gasteiger partial charge in [-0.15, -0.1) is 0 Å². The van der Waals surface area contributed by atoms with Gasteiger partial charge in [0.15, 0.2) is 0 Å². The van der Waals surface area contributed by atoms with Crippen molar-refractivity contribution in [2.75, 3.05) is 0 Å². The van der Waals surface area contributed by atoms with Gasteiger partial charge in [0.05, 0.1) is 11.0 Å². The van der Waals surface area contributed by atoms with Crippen LogP contribution in [-0.4, -0.2) is 9.55 Å². The third kappa shape index (κ3) is 3.52. The summed E-state index contributed by atoms with van der Waals surface area (Å²) in [6, 6.07) is 26.1. The summed E-state index contributed by atoms with van der Waals surface area (Å²) in [5.74, 6) is 1.64. The number of hydrogen-bond donors (Lipinski definition) is 0. The van der Waals surface area contributed by atoms with Crippen molar-refractivity contribution >= 4 is 11.0 Å². The molecule has 0 aliphatic rings. The number of hydrogen-bond acceptors (Lipinski definition) is 1. The van der Waals surface area contributed by atoms with Gasteiger partial charge < -0.3 is 4.57 Å². The quantitative estimate of drug-likeness (QED) is 0.396. The molecular formula is C25H26N2. The molecule has 0 saturated carbocycles. The van der Waals surface area contributed by atoms with E-state index in [0.717, 1.165) is 17.9 Å². The van der Waals surface area contributed by atoms with Crippen LogP contribution in [0.5, 0.6) is 0 Å². The summed E-state index contributed by atoms with van der Waals surface area (Å²) in [7, 11) is 0. The van der Waals surface area contributed by atoms with E-state index >= 15 is 0 Å². The maximum Gasteiger partial charge on any atom is 0.141 e. The highest BCUT2D eigenvalue weighted by Crippen LogP contribution is 2.27. The molecule has 4 rings (SSSR count). The molecule has 0 aliphatic carbocycles. The largest absolute Gasteiger partial charge is 0.319 e. The summed E-state index contributed by atoms with van der Waals surface area (Å²) in [4.78, 5) is 4.94. The lowest BCUT2D eigenvalue weighted by atomic mass is 9.97. The number of imidazole rings is 1. The van der Waals surface area contributed by atoms with Crippen molar-refractivity contribution in [2.24, 2.45) is 0 Å². The fourth-order valence-electron chi connectivity index (χ4n) is 3.61. The maximum absolute atomic E-state index is 4.94. The minimum Gasteiger partial charge on any atom is -0.319 e. The molecule has 1 atom stereocenters. The van der Waals surface area contributed by atoms with E-state index < -0.39 is 0 Å². The molecule has 0 fully saturated rings. The first-order valence-electron chi connectivity index (χ1n) is 9.77. The monoisotopic (exact) mass is 354 g/mol. The molecule has 136 valence electrons. The summed E-state index contributed by atoms with van der Waals surface area (Å²) in [6.45, 7) is 7.48. The SMILES string of the molecule is CCC(C)c1ccc(Cn2c(-c3cccc(C)c3)nc3ccccc32)cc1. The number of aryl methyl sites for hydroxylation is 1. The average Bonchev–Trinajstić information content (AvgIpc) is 3.06. The lowest BCUT2D eigenvalue weighted by Crippen LogP contribution is -2.03. The Morgan fingerprint density at radius 2 is 1.70 bits per heavy atom. The number of rotatable bonds is 5. The third-order valence-corrected chi connectivity index (χ3v) is 5.43. The van der Waals surface area contributed by atoms with Crippen LogP contribution in [0.1, 0.15) is 42.9 Å². The molecule has 3 aromatic carbocycles. The molecule has 0 aliphatic heterocycles. The standard InChI is InChI=1S/C25H26N2/c1-4-19(3)21-14-12-20(13-15-21)17-27-24-11-6-5-10-23(24)26-25(27)22-9-7-8-18(2)16-22/h5-16,19H,4,17H2,1-3H3. The third-order valence-electron chi connectivity index (χ3n) is 5.43. The fourth-order valence-corrected chi connectivity index (χ4v) is 3.61. The molecule has 0 radical (unpaired) electrons. The van der Waals surface area contributed by atoms with Crippen molar-refractivity contribution in [3.63, 3.8) is 0 Å². The van der Waals surface area contributed by atoms with Crippen molar-refractivity contribution in [1.82, 2.24) is 9.55 Å². The maximum atomic E-state index is 4.94. The first-order valence-corrected chi connectivity index (χ1v) is 9.77. The van der Waals surface area contributed by atoms with E-state index in [1.54, 1.807) is 0 Å². The number of aromatic nitrogens is 2. The number of para-hydroxylation sites is 2. The molecule has 2 nitrogen and oxygen atoms in total. The van der Waals surface area contributed by atoms with Gasteiger partial charge in [0, 0.05) is 12.1 Å². The Balaban J connectivity index is 1.77. The summed E-state index contributed by atoms with van der Waals surface area (Å²) in [5, 5.41) is 0. The highest BCUT2D eigenvalue weighted by atomic mass is 15.1. The minimum absolute atomic E-state index is 0.607. The van der Waals surface area contributed by atoms with E-state index in [1.165, 1.54) is 34.2 Å². The van der Waals surface area contributed by atoms with Gasteiger partial charge in [-0.25, -0.2) is 4.98 Å². The van der Waals surface area contributed by atoms with Gasteiger partial charge in [0.1, 0.15) is 5.82 Å². The number of benzene rings is 3. The Morgan fingerprint density at radius 1 is 0.926 bits per heavy atom. The second-order valence-electron chi connectivity index (χ2n) is 7.43. The summed E-state index contributed by atoms with van der Waals surface area (Å²) in [5.41, 5.74) is 7.37. The molecule has 0 amide bonds. The van der Waals surface area contributed by atoms with E-state index in [2.05, 4.69) is 98.1 Å². The van der Waals surface area contributed by atoms with Gasteiger partial charge >= 0.3 is 0 Å². The van der Waals surface area contributed by atoms with Crippen LogP contribution in [0.2, 0.25) is 0 Å². The molecule has 0 saturated heterocycles. The number of fused-ring (bicyclic) bond motifs is 1. The fraction of sp³-hybridized carbons (Fsp3) is 0.240. The smallest absolute Gasteiger partial charge is 0.141 e. The van der Waals surface area contributed by atoms with E-state index in [9.17, 15) is 0 Å². The minimum atomic E-state index is 0.607. The van der Waals surface area contributed by atoms with Crippen LogP contribution >= 0.6 is 0 Å². The second-order valence-corrected chi connectivity index (χ2v) is 7.43. The van der Waals surface area contributed by atoms with Gasteiger partial charge in [-0.3, -0.25) is 0 Å². The summed E-state index contributed by atoms with van der Waals surface area (Å²) < 4.78 is 2.34. The van der Waals surface area contributed by atoms with Crippen molar-refractivity contribution in [2.45, 2.75) is 39.7 Å². The molecule has 1 heterocycles. The molecule has 1 aromatic heterocycles. The zero-order valence-electron chi connectivity index (χ0n) is 16.3. The highest BCUT2D eigenvalue weighted by Gasteiger charge is 2.13. The van der Waals surface area contributed by atoms with E-state index in [0.29, 0.717) is 5.92 Å². The Bertz CT molecular complexity index is 1060. The van der Waals surface area contributed by atoms with Crippen LogP contribution in [0.15, 0.2) is 72.8 Å². The van der Waals surface area contributed by atoms with Gasteiger partial charge in [-0.05, 0) is 48.6 Å². The van der Waals surface area contributed by atoms with E-state index in [-0.39, 0.29) is 0 Å². The van der Waals surface area contributed by atoms with Crippen LogP contribution in [0.3, 0.4) is 0 Å². The summed E-state index contributed by atoms with van der Waals surface area (Å²) in [6.07, 6.45) is 1.17. The van der Waals surface area contributed by atoms with Crippen molar-refractivity contribution in [3.05, 3.63) is 89.5 Å². The second kappa shape index (κ2) is 7.40. The Labute approximate surface area is 161 Å². The topological polar surface area (TPSA) is 17.8 Å². The molecule has 0 spiro atoms. The predicted octanol–water partition coefficient (Wildman–Crippen LogP) is 6.57. The van der Waals surface area contributed by atoms with Crippen molar-refractivity contribution < 1.29 is 0 Å². The van der Waals surface area contributed by atoms with Crippen LogP contribution in [0.25, 0.3) is 22.4 Å². The van der Waals surface area contributed by atoms with Crippen LogP contribution < -0.4 is 0 Å². The normalized spacial score (nSPS) is 12.4. The van der Waals surface area contributed by atoms with Gasteiger partial charge in [-0.2, -0.15) is 0 Å². The Morgan fingerprint density at radius 3 is 2.44 bits per heavy atom. The molecule has 27 heavy (non-hydrogen) atoms. The Hall–Kier alpha value is -2.87. The van der Waals surface area contributed by atoms with Gasteiger partial charge in [-0.1, -0.05) is 74.0 Å². The van der Waals surface area contributed by atoms with Crippen molar-refractivity contribution in [1.29, 1.82) is 0 Å². The molecule has 4 aromatic rings. The zero-order valence-corrected chi connectivity index (χ0v) is 16.3. The molecule has 2 heteroatoms. The zero-order chi connectivity index (χ0) is 18.8. The first-order chi connectivity index (χ1) is 13.2. The van der Waals surface area contributed by atoms with Crippen molar-refractivity contribution in [3.8, 4) is 11.4 Å². The summed E-state index contributed by atoms with van der Waals surface area (Å²) >= 11 is 0. The van der Waals surface area contributed by atoms with Gasteiger partial charge in [0.25, 0.3) is 0 Å². The van der Waals surface area contributed by atoms with Crippen LogP contribution in [0, 0.1) is 6.92 Å². The first kappa shape index (κ1) is 17.5. The molecule has 1 unspecified atom stereocenters.